The van der Waals surface area contributed by atoms with Crippen molar-refractivity contribution in [3.05, 3.63) is 33.6 Å². The van der Waals surface area contributed by atoms with Gasteiger partial charge in [-0.25, -0.2) is 4.39 Å². The average molecular weight is 259 g/mol. The van der Waals surface area contributed by atoms with E-state index < -0.39 is 6.17 Å². The molecule has 2 aromatic rings. The molecule has 1 heterocycles. The molecular weight excluding hydrogens is 251 g/mol. The van der Waals surface area contributed by atoms with Crippen LogP contribution in [-0.2, 0) is 0 Å². The average Bonchev–Trinajstić information content (AvgIpc) is 2.46. The molecule has 0 saturated heterocycles. The van der Waals surface area contributed by atoms with Gasteiger partial charge in [0.05, 0.1) is 0 Å². The highest BCUT2D eigenvalue weighted by Gasteiger charge is 2.07. The Morgan fingerprint density at radius 1 is 1.38 bits per heavy atom. The maximum Gasteiger partial charge on any atom is 0.131 e. The van der Waals surface area contributed by atoms with E-state index in [1.807, 2.05) is 24.3 Å². The van der Waals surface area contributed by atoms with Gasteiger partial charge in [0.1, 0.15) is 6.17 Å². The van der Waals surface area contributed by atoms with E-state index in [0.717, 1.165) is 19.4 Å². The standard InChI is InChI=1S/C10H8BrFS/c1-6(12)10-5-7-4-8(11)2-3-9(7)13-10/h2-6H,1H3. The Labute approximate surface area is 88.5 Å². The first kappa shape index (κ1) is 9.16. The second-order valence-electron chi connectivity index (χ2n) is 2.95. The Morgan fingerprint density at radius 3 is 2.85 bits per heavy atom. The fourth-order valence-corrected chi connectivity index (χ4v) is 2.58. The third kappa shape index (κ3) is 1.76. The van der Waals surface area contributed by atoms with Gasteiger partial charge in [-0.05, 0) is 36.6 Å². The number of thiophene rings is 1. The van der Waals surface area contributed by atoms with Crippen LogP contribution in [0.4, 0.5) is 4.39 Å². The van der Waals surface area contributed by atoms with Crippen LogP contribution in [0, 0.1) is 0 Å². The number of fused-ring (bicyclic) bond motifs is 1. The summed E-state index contributed by atoms with van der Waals surface area (Å²) in [6.07, 6.45) is -0.865. The molecule has 0 amide bonds. The van der Waals surface area contributed by atoms with Crippen molar-refractivity contribution in [2.75, 3.05) is 0 Å². The van der Waals surface area contributed by atoms with Gasteiger partial charge >= 0.3 is 0 Å². The lowest BCUT2D eigenvalue weighted by atomic mass is 10.2. The van der Waals surface area contributed by atoms with Crippen molar-refractivity contribution in [2.45, 2.75) is 13.1 Å². The highest BCUT2D eigenvalue weighted by molar-refractivity contribution is 9.10. The van der Waals surface area contributed by atoms with E-state index in [9.17, 15) is 4.39 Å². The Kier molecular flexibility index (Phi) is 2.39. The van der Waals surface area contributed by atoms with Crippen LogP contribution in [0.5, 0.6) is 0 Å². The number of rotatable bonds is 1. The maximum atomic E-state index is 13.0. The first-order valence-corrected chi connectivity index (χ1v) is 5.61. The van der Waals surface area contributed by atoms with E-state index in [4.69, 9.17) is 0 Å². The summed E-state index contributed by atoms with van der Waals surface area (Å²) in [7, 11) is 0. The van der Waals surface area contributed by atoms with Crippen LogP contribution in [0.3, 0.4) is 0 Å². The van der Waals surface area contributed by atoms with Crippen LogP contribution in [0.1, 0.15) is 18.0 Å². The smallest absolute Gasteiger partial charge is 0.131 e. The lowest BCUT2D eigenvalue weighted by Gasteiger charge is -1.91. The Balaban J connectivity index is 2.62. The van der Waals surface area contributed by atoms with E-state index in [-0.39, 0.29) is 0 Å². The fraction of sp³-hybridized carbons (Fsp3) is 0.200. The van der Waals surface area contributed by atoms with Crippen LogP contribution in [0.2, 0.25) is 0 Å². The monoisotopic (exact) mass is 258 g/mol. The molecular formula is C10H8BrFS. The van der Waals surface area contributed by atoms with Gasteiger partial charge in [0.2, 0.25) is 0 Å². The van der Waals surface area contributed by atoms with Crippen molar-refractivity contribution in [3.8, 4) is 0 Å². The van der Waals surface area contributed by atoms with Crippen LogP contribution in [0.15, 0.2) is 28.7 Å². The SMILES string of the molecule is CC(F)c1cc2cc(Br)ccc2s1. The van der Waals surface area contributed by atoms with Crippen molar-refractivity contribution in [1.82, 2.24) is 0 Å². The highest BCUT2D eigenvalue weighted by atomic mass is 79.9. The molecule has 0 bridgehead atoms. The summed E-state index contributed by atoms with van der Waals surface area (Å²) in [5.74, 6) is 0. The molecule has 0 saturated carbocycles. The Morgan fingerprint density at radius 2 is 2.15 bits per heavy atom. The molecule has 0 nitrogen and oxygen atoms in total. The van der Waals surface area contributed by atoms with Crippen molar-refractivity contribution < 1.29 is 4.39 Å². The lowest BCUT2D eigenvalue weighted by Crippen LogP contribution is -1.74. The molecule has 0 fully saturated rings. The summed E-state index contributed by atoms with van der Waals surface area (Å²) in [5.41, 5.74) is 0. The summed E-state index contributed by atoms with van der Waals surface area (Å²) in [4.78, 5) is 0.799. The highest BCUT2D eigenvalue weighted by Crippen LogP contribution is 2.32. The van der Waals surface area contributed by atoms with E-state index in [1.54, 1.807) is 6.92 Å². The normalized spacial score (nSPS) is 13.5. The first-order chi connectivity index (χ1) is 6.16. The molecule has 3 heteroatoms. The van der Waals surface area contributed by atoms with Gasteiger partial charge in [-0.15, -0.1) is 11.3 Å². The number of hydrogen-bond acceptors (Lipinski definition) is 1. The summed E-state index contributed by atoms with van der Waals surface area (Å²) in [5, 5.41) is 1.11. The molecule has 2 rings (SSSR count). The van der Waals surface area contributed by atoms with Gasteiger partial charge in [0.25, 0.3) is 0 Å². The van der Waals surface area contributed by atoms with Gasteiger partial charge in [-0.3, -0.25) is 0 Å². The molecule has 0 spiro atoms. The molecule has 0 aliphatic heterocycles. The van der Waals surface area contributed by atoms with Crippen molar-refractivity contribution in [2.24, 2.45) is 0 Å². The molecule has 68 valence electrons. The molecule has 1 atom stereocenters. The van der Waals surface area contributed by atoms with Gasteiger partial charge < -0.3 is 0 Å². The summed E-state index contributed by atoms with van der Waals surface area (Å²) < 4.78 is 15.2. The Bertz CT molecular complexity index is 433. The molecule has 13 heavy (non-hydrogen) atoms. The van der Waals surface area contributed by atoms with Crippen LogP contribution in [-0.4, -0.2) is 0 Å². The maximum absolute atomic E-state index is 13.0. The van der Waals surface area contributed by atoms with E-state index in [2.05, 4.69) is 15.9 Å². The number of benzene rings is 1. The van der Waals surface area contributed by atoms with Crippen molar-refractivity contribution >= 4 is 37.4 Å². The zero-order valence-corrected chi connectivity index (χ0v) is 9.45. The largest absolute Gasteiger partial charge is 0.242 e. The Hall–Kier alpha value is -0.410. The number of hydrogen-bond donors (Lipinski definition) is 0. The predicted molar refractivity (Wildman–Crippen MR) is 59.0 cm³/mol. The second-order valence-corrected chi connectivity index (χ2v) is 4.98. The molecule has 1 aromatic carbocycles. The minimum atomic E-state index is -0.865. The summed E-state index contributed by atoms with van der Waals surface area (Å²) in [6, 6.07) is 7.91. The molecule has 0 N–H and O–H groups in total. The summed E-state index contributed by atoms with van der Waals surface area (Å²) in [6.45, 7) is 1.57. The molecule has 0 aliphatic rings. The van der Waals surface area contributed by atoms with Gasteiger partial charge in [-0.1, -0.05) is 15.9 Å². The van der Waals surface area contributed by atoms with Crippen molar-refractivity contribution in [3.63, 3.8) is 0 Å². The third-order valence-corrected chi connectivity index (χ3v) is 3.65. The summed E-state index contributed by atoms with van der Waals surface area (Å²) >= 11 is 4.91. The number of alkyl halides is 1. The zero-order chi connectivity index (χ0) is 9.42. The van der Waals surface area contributed by atoms with Crippen LogP contribution in [0.25, 0.3) is 10.1 Å². The van der Waals surface area contributed by atoms with Crippen LogP contribution >= 0.6 is 27.3 Å². The van der Waals surface area contributed by atoms with E-state index in [0.29, 0.717) is 0 Å². The predicted octanol–water partition coefficient (Wildman–Crippen LogP) is 4.69. The zero-order valence-electron chi connectivity index (χ0n) is 7.05. The minimum absolute atomic E-state index is 0.799. The van der Waals surface area contributed by atoms with E-state index >= 15 is 0 Å². The molecule has 1 unspecified atom stereocenters. The van der Waals surface area contributed by atoms with Gasteiger partial charge in [0, 0.05) is 14.0 Å². The van der Waals surface area contributed by atoms with Gasteiger partial charge in [0.15, 0.2) is 0 Å². The van der Waals surface area contributed by atoms with Gasteiger partial charge in [-0.2, -0.15) is 0 Å². The van der Waals surface area contributed by atoms with Crippen LogP contribution < -0.4 is 0 Å². The quantitative estimate of drug-likeness (QED) is 0.696. The third-order valence-electron chi connectivity index (χ3n) is 1.89. The molecule has 0 aliphatic carbocycles. The first-order valence-electron chi connectivity index (χ1n) is 4.00. The number of halogens is 2. The van der Waals surface area contributed by atoms with E-state index in [1.165, 1.54) is 11.3 Å². The fourth-order valence-electron chi connectivity index (χ4n) is 1.23. The van der Waals surface area contributed by atoms with Crippen molar-refractivity contribution in [1.29, 1.82) is 0 Å². The lowest BCUT2D eigenvalue weighted by molar-refractivity contribution is 0.380. The topological polar surface area (TPSA) is 0 Å². The second kappa shape index (κ2) is 3.39. The molecule has 0 radical (unpaired) electrons. The minimum Gasteiger partial charge on any atom is -0.242 e. The molecule has 1 aromatic heterocycles.